The molecule has 8 heteroatoms. The fraction of sp³-hybridized carbons (Fsp3) is 0.364. The van der Waals surface area contributed by atoms with E-state index in [2.05, 4.69) is 5.32 Å². The Morgan fingerprint density at radius 1 is 1.07 bits per heavy atom. The smallest absolute Gasteiger partial charge is 0.353 e. The summed E-state index contributed by atoms with van der Waals surface area (Å²) in [4.78, 5) is 26.4. The zero-order valence-electron chi connectivity index (χ0n) is 16.4. The van der Waals surface area contributed by atoms with Crippen molar-refractivity contribution in [1.82, 2.24) is 15.5 Å². The van der Waals surface area contributed by atoms with Crippen molar-refractivity contribution >= 4 is 11.8 Å². The third-order valence-corrected chi connectivity index (χ3v) is 5.13. The highest BCUT2D eigenvalue weighted by Gasteiger charge is 2.34. The van der Waals surface area contributed by atoms with Gasteiger partial charge in [0.05, 0.1) is 12.5 Å². The molecule has 1 saturated heterocycles. The number of nitrogens with one attached hydrogen (secondary N) is 2. The number of piperazine rings is 1. The van der Waals surface area contributed by atoms with Crippen LogP contribution in [-0.4, -0.2) is 55.1 Å². The fourth-order valence-corrected chi connectivity index (χ4v) is 3.66. The van der Waals surface area contributed by atoms with Gasteiger partial charge in [0, 0.05) is 25.6 Å². The Kier molecular flexibility index (Phi) is 7.10. The van der Waals surface area contributed by atoms with Gasteiger partial charge in [0.25, 0.3) is 0 Å². The Morgan fingerprint density at radius 2 is 1.63 bits per heavy atom. The van der Waals surface area contributed by atoms with Gasteiger partial charge in [-0.1, -0.05) is 60.7 Å². The van der Waals surface area contributed by atoms with E-state index in [-0.39, 0.29) is 18.2 Å². The molecule has 2 aromatic carbocycles. The lowest BCUT2D eigenvalue weighted by atomic mass is 9.90. The predicted octanol–water partition coefficient (Wildman–Crippen LogP) is 2.69. The Morgan fingerprint density at radius 3 is 2.17 bits per heavy atom. The Hall–Kier alpha value is -2.87. The van der Waals surface area contributed by atoms with Crippen LogP contribution in [0.15, 0.2) is 60.7 Å². The third-order valence-electron chi connectivity index (χ3n) is 5.13. The molecule has 0 bridgehead atoms. The lowest BCUT2D eigenvalue weighted by Crippen LogP contribution is -2.57. The molecular formula is C22H24F3N3O2. The number of benzene rings is 2. The molecule has 5 nitrogen and oxygen atoms in total. The highest BCUT2D eigenvalue weighted by molar-refractivity contribution is 5.88. The second kappa shape index (κ2) is 9.75. The second-order valence-electron chi connectivity index (χ2n) is 7.27. The Bertz CT molecular complexity index is 804. The van der Waals surface area contributed by atoms with Crippen molar-refractivity contribution in [3.63, 3.8) is 0 Å². The average molecular weight is 419 g/mol. The van der Waals surface area contributed by atoms with Crippen LogP contribution in [0.3, 0.4) is 0 Å². The van der Waals surface area contributed by atoms with E-state index >= 15 is 0 Å². The van der Waals surface area contributed by atoms with Crippen molar-refractivity contribution < 1.29 is 22.8 Å². The van der Waals surface area contributed by atoms with E-state index in [1.54, 1.807) is 0 Å². The maximum absolute atomic E-state index is 12.4. The molecule has 0 saturated carbocycles. The standard InChI is InChI=1S/C22H24F3N3O2/c23-22(24,25)15-27-20(29)13-19-21(30)26-11-12-28(19)14-18(16-7-3-1-4-8-16)17-9-5-2-6-10-17/h1-10,18-19H,11-15H2,(H,26,30)(H,27,29). The van der Waals surface area contributed by atoms with Gasteiger partial charge in [-0.25, -0.2) is 0 Å². The Balaban J connectivity index is 1.78. The summed E-state index contributed by atoms with van der Waals surface area (Å²) in [5.41, 5.74) is 2.13. The number of nitrogens with zero attached hydrogens (tertiary/aromatic N) is 1. The first-order valence-corrected chi connectivity index (χ1v) is 9.78. The van der Waals surface area contributed by atoms with Crippen molar-refractivity contribution in [1.29, 1.82) is 0 Å². The van der Waals surface area contributed by atoms with Crippen LogP contribution in [0.25, 0.3) is 0 Å². The molecular weight excluding hydrogens is 395 g/mol. The van der Waals surface area contributed by atoms with Gasteiger partial charge < -0.3 is 10.6 Å². The number of halogens is 3. The molecule has 1 unspecified atom stereocenters. The van der Waals surface area contributed by atoms with Gasteiger partial charge in [0.15, 0.2) is 0 Å². The third kappa shape index (κ3) is 6.06. The molecule has 30 heavy (non-hydrogen) atoms. The van der Waals surface area contributed by atoms with E-state index in [1.807, 2.05) is 70.9 Å². The molecule has 2 amide bonds. The highest BCUT2D eigenvalue weighted by atomic mass is 19.4. The summed E-state index contributed by atoms with van der Waals surface area (Å²) in [7, 11) is 0. The summed E-state index contributed by atoms with van der Waals surface area (Å²) in [6, 6.07) is 18.8. The number of carbonyl (C=O) groups is 2. The lowest BCUT2D eigenvalue weighted by molar-refractivity contribution is -0.141. The Labute approximate surface area is 173 Å². The van der Waals surface area contributed by atoms with Gasteiger partial charge in [-0.05, 0) is 11.1 Å². The van der Waals surface area contributed by atoms with Crippen LogP contribution in [0.4, 0.5) is 13.2 Å². The van der Waals surface area contributed by atoms with Crippen molar-refractivity contribution in [2.45, 2.75) is 24.6 Å². The van der Waals surface area contributed by atoms with Gasteiger partial charge in [0.2, 0.25) is 11.8 Å². The van der Waals surface area contributed by atoms with Crippen molar-refractivity contribution in [2.75, 3.05) is 26.2 Å². The van der Waals surface area contributed by atoms with Crippen LogP contribution in [-0.2, 0) is 9.59 Å². The van der Waals surface area contributed by atoms with E-state index in [0.29, 0.717) is 19.6 Å². The molecule has 0 aromatic heterocycles. The minimum atomic E-state index is -4.49. The molecule has 0 radical (unpaired) electrons. The van der Waals surface area contributed by atoms with Gasteiger partial charge in [-0.3, -0.25) is 14.5 Å². The lowest BCUT2D eigenvalue weighted by Gasteiger charge is -2.37. The van der Waals surface area contributed by atoms with E-state index in [4.69, 9.17) is 0 Å². The number of hydrogen-bond donors (Lipinski definition) is 2. The van der Waals surface area contributed by atoms with Crippen molar-refractivity contribution in [2.24, 2.45) is 0 Å². The zero-order chi connectivity index (χ0) is 21.6. The molecule has 0 aliphatic carbocycles. The average Bonchev–Trinajstić information content (AvgIpc) is 2.73. The molecule has 2 aromatic rings. The van der Waals surface area contributed by atoms with Gasteiger partial charge in [-0.2, -0.15) is 13.2 Å². The minimum absolute atomic E-state index is 0.0426. The molecule has 3 rings (SSSR count). The van der Waals surface area contributed by atoms with E-state index in [1.165, 1.54) is 0 Å². The predicted molar refractivity (Wildman–Crippen MR) is 107 cm³/mol. The van der Waals surface area contributed by atoms with Crippen molar-refractivity contribution in [3.05, 3.63) is 71.8 Å². The van der Waals surface area contributed by atoms with Crippen LogP contribution in [0, 0.1) is 0 Å². The fourth-order valence-electron chi connectivity index (χ4n) is 3.66. The van der Waals surface area contributed by atoms with Crippen molar-refractivity contribution in [3.8, 4) is 0 Å². The first-order chi connectivity index (χ1) is 14.3. The summed E-state index contributed by atoms with van der Waals surface area (Å²) in [5, 5.41) is 4.57. The molecule has 160 valence electrons. The molecule has 1 atom stereocenters. The molecule has 2 N–H and O–H groups in total. The first-order valence-electron chi connectivity index (χ1n) is 9.78. The molecule has 1 aliphatic heterocycles. The number of hydrogen-bond acceptors (Lipinski definition) is 3. The topological polar surface area (TPSA) is 61.4 Å². The summed E-state index contributed by atoms with van der Waals surface area (Å²) in [6.07, 6.45) is -4.81. The SMILES string of the molecule is O=C(CC1C(=O)NCCN1CC(c1ccccc1)c1ccccc1)NCC(F)(F)F. The summed E-state index contributed by atoms with van der Waals surface area (Å²) in [6.45, 7) is 0.00438. The number of alkyl halides is 3. The monoisotopic (exact) mass is 419 g/mol. The number of rotatable bonds is 7. The molecule has 1 heterocycles. The van der Waals surface area contributed by atoms with Crippen LogP contribution in [0.2, 0.25) is 0 Å². The maximum Gasteiger partial charge on any atom is 0.405 e. The quantitative estimate of drug-likeness (QED) is 0.726. The van der Waals surface area contributed by atoms with Gasteiger partial charge >= 0.3 is 6.18 Å². The van der Waals surface area contributed by atoms with E-state index < -0.39 is 24.7 Å². The van der Waals surface area contributed by atoms with E-state index in [0.717, 1.165) is 11.1 Å². The normalized spacial score (nSPS) is 17.6. The largest absolute Gasteiger partial charge is 0.405 e. The second-order valence-corrected chi connectivity index (χ2v) is 7.27. The zero-order valence-corrected chi connectivity index (χ0v) is 16.4. The van der Waals surface area contributed by atoms with Gasteiger partial charge in [0.1, 0.15) is 6.54 Å². The van der Waals surface area contributed by atoms with Crippen LogP contribution in [0.5, 0.6) is 0 Å². The molecule has 1 aliphatic rings. The van der Waals surface area contributed by atoms with Crippen LogP contribution >= 0.6 is 0 Å². The maximum atomic E-state index is 12.4. The first kappa shape index (κ1) is 21.8. The summed E-state index contributed by atoms with van der Waals surface area (Å²) >= 11 is 0. The van der Waals surface area contributed by atoms with E-state index in [9.17, 15) is 22.8 Å². The summed E-state index contributed by atoms with van der Waals surface area (Å²) < 4.78 is 37.2. The van der Waals surface area contributed by atoms with Crippen LogP contribution in [0.1, 0.15) is 23.5 Å². The molecule has 0 spiro atoms. The summed E-state index contributed by atoms with van der Waals surface area (Å²) in [5.74, 6) is -1.18. The molecule has 1 fully saturated rings. The van der Waals surface area contributed by atoms with Gasteiger partial charge in [-0.15, -0.1) is 0 Å². The number of carbonyl (C=O) groups excluding carboxylic acids is 2. The minimum Gasteiger partial charge on any atom is -0.353 e. The highest BCUT2D eigenvalue weighted by Crippen LogP contribution is 2.27. The van der Waals surface area contributed by atoms with Crippen LogP contribution < -0.4 is 10.6 Å². The number of amides is 2.